The van der Waals surface area contributed by atoms with Gasteiger partial charge in [0.15, 0.2) is 0 Å². The molecule has 0 saturated carbocycles. The number of aryl methyl sites for hydroxylation is 3. The highest BCUT2D eigenvalue weighted by Crippen LogP contribution is 2.19. The largest absolute Gasteiger partial charge is 0.494 e. The van der Waals surface area contributed by atoms with Crippen molar-refractivity contribution in [3.63, 3.8) is 0 Å². The van der Waals surface area contributed by atoms with Crippen molar-refractivity contribution in [3.05, 3.63) is 94.3 Å². The third-order valence-electron chi connectivity index (χ3n) is 5.71. The number of amides is 1. The molecule has 0 bridgehead atoms. The molecule has 1 N–H and O–H groups in total. The number of carbonyl (C=O) groups is 1. The van der Waals surface area contributed by atoms with Crippen LogP contribution in [0.25, 0.3) is 11.0 Å². The SMILES string of the molecule is Cc1cc(C)cc(OCCCCn2c(CCNC(=O)c3ccc(Cl)cc3)nc3ccccc32)c1. The monoisotopic (exact) mass is 475 g/mol. The first-order chi connectivity index (χ1) is 16.5. The minimum absolute atomic E-state index is 0.108. The Hall–Kier alpha value is -3.31. The fourth-order valence-electron chi connectivity index (χ4n) is 4.14. The molecule has 1 aromatic heterocycles. The Morgan fingerprint density at radius 1 is 1.00 bits per heavy atom. The molecule has 4 aromatic rings. The number of nitrogens with one attached hydrogen (secondary N) is 1. The zero-order chi connectivity index (χ0) is 23.9. The number of fused-ring (bicyclic) bond motifs is 1. The van der Waals surface area contributed by atoms with E-state index in [0.717, 1.165) is 42.0 Å². The number of hydrogen-bond donors (Lipinski definition) is 1. The smallest absolute Gasteiger partial charge is 0.251 e. The molecule has 0 aliphatic carbocycles. The van der Waals surface area contributed by atoms with Crippen LogP contribution in [0.5, 0.6) is 5.75 Å². The lowest BCUT2D eigenvalue weighted by molar-refractivity contribution is 0.0954. The van der Waals surface area contributed by atoms with Gasteiger partial charge in [0, 0.05) is 30.1 Å². The second-order valence-corrected chi connectivity index (χ2v) is 9.00. The predicted molar refractivity (Wildman–Crippen MR) is 138 cm³/mol. The maximum atomic E-state index is 12.4. The number of para-hydroxylation sites is 2. The van der Waals surface area contributed by atoms with E-state index < -0.39 is 0 Å². The summed E-state index contributed by atoms with van der Waals surface area (Å²) in [5.41, 5.74) is 5.13. The van der Waals surface area contributed by atoms with Crippen molar-refractivity contribution in [1.82, 2.24) is 14.9 Å². The minimum Gasteiger partial charge on any atom is -0.494 e. The summed E-state index contributed by atoms with van der Waals surface area (Å²) in [5, 5.41) is 3.60. The summed E-state index contributed by atoms with van der Waals surface area (Å²) in [4.78, 5) is 17.2. The number of benzene rings is 3. The maximum absolute atomic E-state index is 12.4. The van der Waals surface area contributed by atoms with Gasteiger partial charge in [0.2, 0.25) is 0 Å². The number of ether oxygens (including phenoxy) is 1. The molecular weight excluding hydrogens is 446 g/mol. The fourth-order valence-corrected chi connectivity index (χ4v) is 4.26. The van der Waals surface area contributed by atoms with Crippen LogP contribution in [-0.4, -0.2) is 28.6 Å². The highest BCUT2D eigenvalue weighted by Gasteiger charge is 2.11. The summed E-state index contributed by atoms with van der Waals surface area (Å²) < 4.78 is 8.23. The van der Waals surface area contributed by atoms with Crippen LogP contribution >= 0.6 is 11.6 Å². The summed E-state index contributed by atoms with van der Waals surface area (Å²) in [5.74, 6) is 1.80. The van der Waals surface area contributed by atoms with Crippen LogP contribution in [0.3, 0.4) is 0 Å². The van der Waals surface area contributed by atoms with Crippen LogP contribution in [0.15, 0.2) is 66.7 Å². The van der Waals surface area contributed by atoms with Gasteiger partial charge in [-0.25, -0.2) is 4.98 Å². The van der Waals surface area contributed by atoms with Crippen molar-refractivity contribution in [3.8, 4) is 5.75 Å². The van der Waals surface area contributed by atoms with Crippen LogP contribution < -0.4 is 10.1 Å². The first kappa shape index (κ1) is 23.8. The molecule has 3 aromatic carbocycles. The van der Waals surface area contributed by atoms with Crippen LogP contribution in [0, 0.1) is 13.8 Å². The van der Waals surface area contributed by atoms with Gasteiger partial charge >= 0.3 is 0 Å². The molecule has 6 heteroatoms. The Morgan fingerprint density at radius 2 is 1.74 bits per heavy atom. The molecule has 0 spiro atoms. The van der Waals surface area contributed by atoms with E-state index in [1.807, 2.05) is 18.2 Å². The number of unbranched alkanes of at least 4 members (excludes halogenated alkanes) is 1. The van der Waals surface area contributed by atoms with E-state index >= 15 is 0 Å². The topological polar surface area (TPSA) is 56.1 Å². The quantitative estimate of drug-likeness (QED) is 0.280. The normalized spacial score (nSPS) is 11.0. The molecular formula is C28H30ClN3O2. The number of nitrogens with zero attached hydrogens (tertiary/aromatic N) is 2. The Labute approximate surface area is 205 Å². The summed E-state index contributed by atoms with van der Waals surface area (Å²) >= 11 is 5.91. The zero-order valence-electron chi connectivity index (χ0n) is 19.7. The number of aromatic nitrogens is 2. The molecule has 5 nitrogen and oxygen atoms in total. The van der Waals surface area contributed by atoms with E-state index in [4.69, 9.17) is 21.3 Å². The van der Waals surface area contributed by atoms with Gasteiger partial charge < -0.3 is 14.6 Å². The van der Waals surface area contributed by atoms with Gasteiger partial charge in [0.1, 0.15) is 11.6 Å². The van der Waals surface area contributed by atoms with Crippen molar-refractivity contribution < 1.29 is 9.53 Å². The van der Waals surface area contributed by atoms with Crippen molar-refractivity contribution in [1.29, 1.82) is 0 Å². The number of halogens is 1. The first-order valence-corrected chi connectivity index (χ1v) is 12.1. The molecule has 1 heterocycles. The maximum Gasteiger partial charge on any atom is 0.251 e. The lowest BCUT2D eigenvalue weighted by Crippen LogP contribution is -2.26. The average molecular weight is 476 g/mol. The van der Waals surface area contributed by atoms with Crippen molar-refractivity contribution >= 4 is 28.5 Å². The third kappa shape index (κ3) is 6.17. The van der Waals surface area contributed by atoms with Crippen molar-refractivity contribution in [2.45, 2.75) is 39.7 Å². The Balaban J connectivity index is 1.33. The summed E-state index contributed by atoms with van der Waals surface area (Å²) in [6, 6.07) is 21.4. The Morgan fingerprint density at radius 3 is 2.50 bits per heavy atom. The van der Waals surface area contributed by atoms with Crippen molar-refractivity contribution in [2.24, 2.45) is 0 Å². The van der Waals surface area contributed by atoms with E-state index in [9.17, 15) is 4.79 Å². The van der Waals surface area contributed by atoms with Crippen LogP contribution in [0.2, 0.25) is 5.02 Å². The number of imidazole rings is 1. The van der Waals surface area contributed by atoms with Crippen LogP contribution in [0.4, 0.5) is 0 Å². The Bertz CT molecular complexity index is 1240. The minimum atomic E-state index is -0.108. The summed E-state index contributed by atoms with van der Waals surface area (Å²) in [6.07, 6.45) is 2.59. The second kappa shape index (κ2) is 11.2. The zero-order valence-corrected chi connectivity index (χ0v) is 20.4. The third-order valence-corrected chi connectivity index (χ3v) is 5.97. The van der Waals surface area contributed by atoms with Gasteiger partial charge in [-0.3, -0.25) is 4.79 Å². The highest BCUT2D eigenvalue weighted by molar-refractivity contribution is 6.30. The predicted octanol–water partition coefficient (Wildman–Crippen LogP) is 6.14. The first-order valence-electron chi connectivity index (χ1n) is 11.7. The highest BCUT2D eigenvalue weighted by atomic mass is 35.5. The van der Waals surface area contributed by atoms with E-state index in [2.05, 4.69) is 48.0 Å². The van der Waals surface area contributed by atoms with Crippen LogP contribution in [0.1, 0.15) is 40.2 Å². The van der Waals surface area contributed by atoms with Gasteiger partial charge in [0.25, 0.3) is 5.91 Å². The molecule has 0 fully saturated rings. The average Bonchev–Trinajstić information content (AvgIpc) is 3.16. The van der Waals surface area contributed by atoms with Gasteiger partial charge in [-0.2, -0.15) is 0 Å². The van der Waals surface area contributed by atoms with E-state index in [-0.39, 0.29) is 5.91 Å². The summed E-state index contributed by atoms with van der Waals surface area (Å²) in [7, 11) is 0. The molecule has 176 valence electrons. The van der Waals surface area contributed by atoms with Gasteiger partial charge in [-0.1, -0.05) is 29.8 Å². The van der Waals surface area contributed by atoms with Crippen LogP contribution in [-0.2, 0) is 13.0 Å². The number of hydrogen-bond acceptors (Lipinski definition) is 3. The lowest BCUT2D eigenvalue weighted by atomic mass is 10.1. The molecule has 0 unspecified atom stereocenters. The Kier molecular flexibility index (Phi) is 7.86. The molecule has 0 aliphatic rings. The fraction of sp³-hybridized carbons (Fsp3) is 0.286. The standard InChI is InChI=1S/C28H30ClN3O2/c1-20-17-21(2)19-24(18-20)34-16-6-5-15-32-26-8-4-3-7-25(26)31-27(32)13-14-30-28(33)22-9-11-23(29)12-10-22/h3-4,7-12,17-19H,5-6,13-16H2,1-2H3,(H,30,33). The lowest BCUT2D eigenvalue weighted by Gasteiger charge is -2.11. The van der Waals surface area contributed by atoms with Gasteiger partial charge in [-0.15, -0.1) is 0 Å². The van der Waals surface area contributed by atoms with E-state index in [0.29, 0.717) is 30.2 Å². The number of carbonyl (C=O) groups excluding carboxylic acids is 1. The molecule has 1 amide bonds. The molecule has 34 heavy (non-hydrogen) atoms. The summed E-state index contributed by atoms with van der Waals surface area (Å²) in [6.45, 7) is 6.23. The van der Waals surface area contributed by atoms with Gasteiger partial charge in [-0.05, 0) is 86.3 Å². The number of rotatable bonds is 10. The molecule has 4 rings (SSSR count). The van der Waals surface area contributed by atoms with E-state index in [1.165, 1.54) is 11.1 Å². The molecule has 0 atom stereocenters. The molecule has 0 aliphatic heterocycles. The molecule has 0 saturated heterocycles. The van der Waals surface area contributed by atoms with E-state index in [1.54, 1.807) is 24.3 Å². The second-order valence-electron chi connectivity index (χ2n) is 8.56. The van der Waals surface area contributed by atoms with Gasteiger partial charge in [0.05, 0.1) is 17.6 Å². The molecule has 0 radical (unpaired) electrons. The van der Waals surface area contributed by atoms with Crippen molar-refractivity contribution in [2.75, 3.05) is 13.2 Å².